The first-order chi connectivity index (χ1) is 8.08. The van der Waals surface area contributed by atoms with Gasteiger partial charge >= 0.3 is 0 Å². The van der Waals surface area contributed by atoms with E-state index in [1.165, 1.54) is 17.7 Å². The Bertz CT molecular complexity index is 322. The highest BCUT2D eigenvalue weighted by atomic mass is 32.1. The summed E-state index contributed by atoms with van der Waals surface area (Å²) in [6, 6.07) is 0.415. The monoisotopic (exact) mass is 255 g/mol. The molecule has 0 saturated heterocycles. The molecule has 4 heteroatoms. The summed E-state index contributed by atoms with van der Waals surface area (Å²) in [7, 11) is 2.03. The molecular formula is C13H25N3S. The molecule has 1 rings (SSSR count). The summed E-state index contributed by atoms with van der Waals surface area (Å²) in [5.74, 6) is 1.51. The van der Waals surface area contributed by atoms with Crippen LogP contribution in [0.1, 0.15) is 57.1 Å². The molecule has 0 aliphatic heterocycles. The van der Waals surface area contributed by atoms with Crippen LogP contribution in [0.5, 0.6) is 0 Å². The molecule has 0 spiro atoms. The Hall–Kier alpha value is -0.480. The summed E-state index contributed by atoms with van der Waals surface area (Å²) in [6.07, 6.45) is 3.43. The van der Waals surface area contributed by atoms with Gasteiger partial charge in [-0.1, -0.05) is 32.2 Å². The van der Waals surface area contributed by atoms with Crippen LogP contribution in [-0.4, -0.2) is 16.6 Å². The molecule has 3 nitrogen and oxygen atoms in total. The van der Waals surface area contributed by atoms with Gasteiger partial charge in [-0.05, 0) is 49.7 Å². The van der Waals surface area contributed by atoms with E-state index in [1.54, 1.807) is 11.5 Å². The molecule has 0 radical (unpaired) electrons. The molecule has 0 aliphatic carbocycles. The van der Waals surface area contributed by atoms with Gasteiger partial charge in [-0.2, -0.15) is 0 Å². The molecule has 1 heterocycles. The van der Waals surface area contributed by atoms with Gasteiger partial charge in [0.1, 0.15) is 0 Å². The van der Waals surface area contributed by atoms with Crippen molar-refractivity contribution in [3.8, 4) is 0 Å². The maximum Gasteiger partial charge on any atom is 0.0800 e. The number of hydrogen-bond acceptors (Lipinski definition) is 4. The molecule has 0 saturated carbocycles. The van der Waals surface area contributed by atoms with Crippen LogP contribution in [0.25, 0.3) is 0 Å². The Kier molecular flexibility index (Phi) is 6.06. The molecule has 0 aliphatic rings. The van der Waals surface area contributed by atoms with E-state index >= 15 is 0 Å². The molecule has 0 amide bonds. The van der Waals surface area contributed by atoms with Crippen LogP contribution in [0.15, 0.2) is 0 Å². The predicted octanol–water partition coefficient (Wildman–Crippen LogP) is 3.43. The summed E-state index contributed by atoms with van der Waals surface area (Å²) in [5, 5.41) is 7.61. The number of hydrogen-bond donors (Lipinski definition) is 1. The summed E-state index contributed by atoms with van der Waals surface area (Å²) in [5.41, 5.74) is 1.16. The Morgan fingerprint density at radius 3 is 2.47 bits per heavy atom. The molecule has 17 heavy (non-hydrogen) atoms. The lowest BCUT2D eigenvalue weighted by Crippen LogP contribution is -2.20. The molecular weight excluding hydrogens is 230 g/mol. The molecule has 0 aromatic carbocycles. The van der Waals surface area contributed by atoms with E-state index in [-0.39, 0.29) is 0 Å². The molecule has 2 atom stereocenters. The second kappa shape index (κ2) is 7.07. The molecule has 1 aromatic rings. The first kappa shape index (κ1) is 14.6. The standard InChI is InChI=1S/C13H25N3S/c1-6-11-13(17-16-15-11)12(14-5)8-10(4)7-9(2)3/h9-10,12,14H,6-8H2,1-5H3. The molecule has 2 unspecified atom stereocenters. The third kappa shape index (κ3) is 4.36. The molecule has 0 fully saturated rings. The maximum atomic E-state index is 4.20. The first-order valence-electron chi connectivity index (χ1n) is 6.56. The third-order valence-electron chi connectivity index (χ3n) is 3.10. The number of aryl methyl sites for hydroxylation is 1. The second-order valence-corrected chi connectivity index (χ2v) is 6.03. The van der Waals surface area contributed by atoms with E-state index in [0.717, 1.165) is 24.0 Å². The zero-order valence-electron chi connectivity index (χ0n) is 11.7. The van der Waals surface area contributed by atoms with Gasteiger partial charge in [0.05, 0.1) is 10.6 Å². The summed E-state index contributed by atoms with van der Waals surface area (Å²) in [4.78, 5) is 1.32. The van der Waals surface area contributed by atoms with Crippen molar-refractivity contribution in [2.45, 2.75) is 53.0 Å². The lowest BCUT2D eigenvalue weighted by Gasteiger charge is -2.21. The van der Waals surface area contributed by atoms with Crippen molar-refractivity contribution < 1.29 is 0 Å². The van der Waals surface area contributed by atoms with Gasteiger partial charge in [0.15, 0.2) is 0 Å². The van der Waals surface area contributed by atoms with Crippen molar-refractivity contribution in [2.75, 3.05) is 7.05 Å². The smallest absolute Gasteiger partial charge is 0.0800 e. The molecule has 1 aromatic heterocycles. The number of aromatic nitrogens is 2. The van der Waals surface area contributed by atoms with Crippen LogP contribution in [0.4, 0.5) is 0 Å². The zero-order valence-corrected chi connectivity index (χ0v) is 12.5. The van der Waals surface area contributed by atoms with Crippen LogP contribution < -0.4 is 5.32 Å². The fourth-order valence-electron chi connectivity index (χ4n) is 2.38. The lowest BCUT2D eigenvalue weighted by molar-refractivity contribution is 0.368. The van der Waals surface area contributed by atoms with Crippen molar-refractivity contribution in [3.63, 3.8) is 0 Å². The van der Waals surface area contributed by atoms with Crippen LogP contribution in [0.2, 0.25) is 0 Å². The summed E-state index contributed by atoms with van der Waals surface area (Å²) in [6.45, 7) is 9.06. The zero-order chi connectivity index (χ0) is 12.8. The highest BCUT2D eigenvalue weighted by Gasteiger charge is 2.19. The van der Waals surface area contributed by atoms with Crippen LogP contribution >= 0.6 is 11.5 Å². The first-order valence-corrected chi connectivity index (χ1v) is 7.34. The van der Waals surface area contributed by atoms with Gasteiger partial charge in [0, 0.05) is 6.04 Å². The molecule has 98 valence electrons. The normalized spacial score (nSPS) is 15.2. The Morgan fingerprint density at radius 2 is 1.94 bits per heavy atom. The molecule has 1 N–H and O–H groups in total. The van der Waals surface area contributed by atoms with Gasteiger partial charge in [-0.25, -0.2) is 0 Å². The van der Waals surface area contributed by atoms with Crippen molar-refractivity contribution in [1.82, 2.24) is 14.9 Å². The minimum absolute atomic E-state index is 0.415. The summed E-state index contributed by atoms with van der Waals surface area (Å²) >= 11 is 1.54. The highest BCUT2D eigenvalue weighted by molar-refractivity contribution is 7.05. The Labute approximate surface area is 109 Å². The highest BCUT2D eigenvalue weighted by Crippen LogP contribution is 2.28. The van der Waals surface area contributed by atoms with E-state index < -0.39 is 0 Å². The van der Waals surface area contributed by atoms with Gasteiger partial charge in [-0.3, -0.25) is 0 Å². The average molecular weight is 255 g/mol. The Morgan fingerprint density at radius 1 is 1.24 bits per heavy atom. The predicted molar refractivity (Wildman–Crippen MR) is 74.3 cm³/mol. The van der Waals surface area contributed by atoms with Gasteiger partial charge in [-0.15, -0.1) is 5.10 Å². The SMILES string of the molecule is CCc1nnsc1C(CC(C)CC(C)C)NC. The van der Waals surface area contributed by atoms with Crippen molar-refractivity contribution in [1.29, 1.82) is 0 Å². The van der Waals surface area contributed by atoms with E-state index in [2.05, 4.69) is 42.6 Å². The number of rotatable bonds is 7. The second-order valence-electron chi connectivity index (χ2n) is 5.25. The van der Waals surface area contributed by atoms with Crippen LogP contribution in [0.3, 0.4) is 0 Å². The van der Waals surface area contributed by atoms with Gasteiger partial charge in [0.2, 0.25) is 0 Å². The fourth-order valence-corrected chi connectivity index (χ4v) is 3.24. The quantitative estimate of drug-likeness (QED) is 0.811. The largest absolute Gasteiger partial charge is 0.312 e. The minimum Gasteiger partial charge on any atom is -0.312 e. The summed E-state index contributed by atoms with van der Waals surface area (Å²) < 4.78 is 4.08. The average Bonchev–Trinajstić information content (AvgIpc) is 2.72. The minimum atomic E-state index is 0.415. The van der Waals surface area contributed by atoms with Gasteiger partial charge < -0.3 is 5.32 Å². The van der Waals surface area contributed by atoms with Crippen molar-refractivity contribution in [3.05, 3.63) is 10.6 Å². The van der Waals surface area contributed by atoms with E-state index in [9.17, 15) is 0 Å². The van der Waals surface area contributed by atoms with Crippen LogP contribution in [-0.2, 0) is 6.42 Å². The van der Waals surface area contributed by atoms with E-state index in [4.69, 9.17) is 0 Å². The number of nitrogens with zero attached hydrogens (tertiary/aromatic N) is 2. The lowest BCUT2D eigenvalue weighted by atomic mass is 9.92. The number of nitrogens with one attached hydrogen (secondary N) is 1. The fraction of sp³-hybridized carbons (Fsp3) is 0.846. The van der Waals surface area contributed by atoms with Crippen molar-refractivity contribution >= 4 is 11.5 Å². The van der Waals surface area contributed by atoms with E-state index in [1.807, 2.05) is 7.05 Å². The van der Waals surface area contributed by atoms with Gasteiger partial charge in [0.25, 0.3) is 0 Å². The maximum absolute atomic E-state index is 4.20. The Balaban J connectivity index is 2.65. The van der Waals surface area contributed by atoms with Crippen molar-refractivity contribution in [2.24, 2.45) is 11.8 Å². The third-order valence-corrected chi connectivity index (χ3v) is 3.98. The van der Waals surface area contributed by atoms with Crippen LogP contribution in [0, 0.1) is 11.8 Å². The molecule has 0 bridgehead atoms. The topological polar surface area (TPSA) is 37.8 Å². The van der Waals surface area contributed by atoms with E-state index in [0.29, 0.717) is 6.04 Å².